The molecule has 0 aliphatic carbocycles. The predicted molar refractivity (Wildman–Crippen MR) is 58.0 cm³/mol. The molecule has 0 atom stereocenters. The van der Waals surface area contributed by atoms with E-state index < -0.39 is 10.6 Å². The first kappa shape index (κ1) is 11.5. The van der Waals surface area contributed by atoms with E-state index in [1.165, 1.54) is 13.1 Å². The van der Waals surface area contributed by atoms with Crippen molar-refractivity contribution >= 4 is 5.69 Å². The molecule has 0 unspecified atom stereocenters. The van der Waals surface area contributed by atoms with Crippen LogP contribution in [0, 0.1) is 21.4 Å². The Morgan fingerprint density at radius 2 is 2.11 bits per heavy atom. The summed E-state index contributed by atoms with van der Waals surface area (Å²) in [7, 11) is 1.40. The van der Waals surface area contributed by atoms with E-state index in [9.17, 15) is 14.9 Å². The van der Waals surface area contributed by atoms with E-state index in [0.717, 1.165) is 21.5 Å². The van der Waals surface area contributed by atoms with Crippen LogP contribution in [0.3, 0.4) is 0 Å². The van der Waals surface area contributed by atoms with Crippen molar-refractivity contribution in [1.29, 1.82) is 5.26 Å². The third-order valence-corrected chi connectivity index (χ3v) is 2.21. The molecule has 0 aliphatic heterocycles. The number of nitrogens with zero attached hydrogens (tertiary/aromatic N) is 6. The highest BCUT2D eigenvalue weighted by Gasteiger charge is 2.13. The Balaban J connectivity index is 2.69. The van der Waals surface area contributed by atoms with Crippen LogP contribution < -0.4 is 5.69 Å². The van der Waals surface area contributed by atoms with E-state index in [1.807, 2.05) is 0 Å². The summed E-state index contributed by atoms with van der Waals surface area (Å²) in [5.74, 6) is 0. The molecule has 9 nitrogen and oxygen atoms in total. The van der Waals surface area contributed by atoms with Gasteiger partial charge in [0, 0.05) is 19.2 Å². The van der Waals surface area contributed by atoms with E-state index >= 15 is 0 Å². The third kappa shape index (κ3) is 1.82. The zero-order valence-corrected chi connectivity index (χ0v) is 9.14. The number of aryl methyl sites for hydroxylation is 1. The minimum atomic E-state index is -0.647. The summed E-state index contributed by atoms with van der Waals surface area (Å²) >= 11 is 0. The van der Waals surface area contributed by atoms with Crippen LogP contribution in [0.1, 0.15) is 5.56 Å². The first-order valence-corrected chi connectivity index (χ1v) is 4.72. The van der Waals surface area contributed by atoms with Gasteiger partial charge in [0.25, 0.3) is 5.69 Å². The zero-order valence-electron chi connectivity index (χ0n) is 9.14. The van der Waals surface area contributed by atoms with Crippen LogP contribution in [-0.2, 0) is 7.05 Å². The summed E-state index contributed by atoms with van der Waals surface area (Å²) in [6, 6.07) is 5.37. The molecule has 0 bridgehead atoms. The van der Waals surface area contributed by atoms with Gasteiger partial charge in [0.1, 0.15) is 0 Å². The predicted octanol–water partition coefficient (Wildman–Crippen LogP) is -0.254. The fourth-order valence-corrected chi connectivity index (χ4v) is 1.36. The fourth-order valence-electron chi connectivity index (χ4n) is 1.36. The van der Waals surface area contributed by atoms with Crippen molar-refractivity contribution in [3.8, 4) is 11.8 Å². The van der Waals surface area contributed by atoms with Crippen LogP contribution in [0.25, 0.3) is 5.69 Å². The number of nitriles is 1. The van der Waals surface area contributed by atoms with Crippen LogP contribution in [0.2, 0.25) is 0 Å². The molecule has 1 aromatic carbocycles. The lowest BCUT2D eigenvalue weighted by Gasteiger charge is -1.99. The average molecular weight is 246 g/mol. The highest BCUT2D eigenvalue weighted by molar-refractivity contribution is 5.50. The van der Waals surface area contributed by atoms with Crippen molar-refractivity contribution in [2.75, 3.05) is 0 Å². The van der Waals surface area contributed by atoms with Crippen LogP contribution >= 0.6 is 0 Å². The second kappa shape index (κ2) is 4.10. The molecule has 18 heavy (non-hydrogen) atoms. The van der Waals surface area contributed by atoms with Gasteiger partial charge in [0.15, 0.2) is 0 Å². The van der Waals surface area contributed by atoms with Crippen LogP contribution in [0.5, 0.6) is 0 Å². The van der Waals surface area contributed by atoms with Gasteiger partial charge in [-0.05, 0) is 16.5 Å². The Morgan fingerprint density at radius 3 is 2.61 bits per heavy atom. The van der Waals surface area contributed by atoms with Crippen molar-refractivity contribution in [1.82, 2.24) is 19.8 Å². The summed E-state index contributed by atoms with van der Waals surface area (Å²) in [6.07, 6.45) is 0. The van der Waals surface area contributed by atoms with E-state index in [-0.39, 0.29) is 16.9 Å². The Hall–Kier alpha value is -3.02. The molecule has 0 aliphatic rings. The lowest BCUT2D eigenvalue weighted by atomic mass is 10.2. The number of hydrogen-bond acceptors (Lipinski definition) is 6. The number of hydrogen-bond donors (Lipinski definition) is 0. The number of tetrazole rings is 1. The van der Waals surface area contributed by atoms with E-state index in [2.05, 4.69) is 10.4 Å². The van der Waals surface area contributed by atoms with Gasteiger partial charge in [-0.15, -0.1) is 0 Å². The van der Waals surface area contributed by atoms with Crippen molar-refractivity contribution < 1.29 is 4.92 Å². The van der Waals surface area contributed by atoms with Crippen molar-refractivity contribution in [3.63, 3.8) is 0 Å². The summed E-state index contributed by atoms with van der Waals surface area (Å²) < 4.78 is 1.86. The minimum Gasteiger partial charge on any atom is -0.258 e. The number of nitro groups is 1. The molecular weight excluding hydrogens is 240 g/mol. The molecular formula is C9H6N6O3. The largest absolute Gasteiger partial charge is 0.368 e. The van der Waals surface area contributed by atoms with E-state index in [1.54, 1.807) is 6.07 Å². The quantitative estimate of drug-likeness (QED) is 0.532. The molecule has 0 amide bonds. The van der Waals surface area contributed by atoms with Gasteiger partial charge < -0.3 is 0 Å². The molecule has 0 fully saturated rings. The van der Waals surface area contributed by atoms with E-state index in [0.29, 0.717) is 0 Å². The molecule has 0 radical (unpaired) electrons. The van der Waals surface area contributed by atoms with Gasteiger partial charge in [0.2, 0.25) is 0 Å². The Kier molecular flexibility index (Phi) is 2.61. The zero-order chi connectivity index (χ0) is 13.3. The smallest absolute Gasteiger partial charge is 0.258 e. The van der Waals surface area contributed by atoms with Gasteiger partial charge >= 0.3 is 5.69 Å². The molecule has 1 heterocycles. The Bertz CT molecular complexity index is 723. The molecule has 0 saturated heterocycles. The Labute approximate surface area is 99.6 Å². The summed E-state index contributed by atoms with van der Waals surface area (Å²) in [5, 5.41) is 26.5. The first-order valence-electron chi connectivity index (χ1n) is 4.72. The lowest BCUT2D eigenvalue weighted by Crippen LogP contribution is -2.22. The van der Waals surface area contributed by atoms with Gasteiger partial charge in [-0.25, -0.2) is 4.79 Å². The SMILES string of the molecule is Cn1nnn(-c2cc(C#N)cc([N+](=O)[O-])c2)c1=O. The summed E-state index contributed by atoms with van der Waals surface area (Å²) in [5.41, 5.74) is -0.656. The number of non-ortho nitro benzene ring substituents is 1. The minimum absolute atomic E-state index is 0.0664. The lowest BCUT2D eigenvalue weighted by molar-refractivity contribution is -0.384. The van der Waals surface area contributed by atoms with Gasteiger partial charge in [0.05, 0.1) is 22.2 Å². The van der Waals surface area contributed by atoms with Gasteiger partial charge in [-0.2, -0.15) is 14.6 Å². The van der Waals surface area contributed by atoms with Gasteiger partial charge in [-0.1, -0.05) is 0 Å². The molecule has 0 N–H and O–H groups in total. The monoisotopic (exact) mass is 246 g/mol. The Morgan fingerprint density at radius 1 is 1.39 bits per heavy atom. The normalized spacial score (nSPS) is 10.0. The molecule has 2 aromatic rings. The molecule has 90 valence electrons. The first-order chi connectivity index (χ1) is 8.52. The molecule has 0 saturated carbocycles. The summed E-state index contributed by atoms with van der Waals surface area (Å²) in [6.45, 7) is 0. The maximum absolute atomic E-state index is 11.6. The number of aromatic nitrogens is 4. The summed E-state index contributed by atoms with van der Waals surface area (Å²) in [4.78, 5) is 21.7. The van der Waals surface area contributed by atoms with Crippen LogP contribution in [-0.4, -0.2) is 24.7 Å². The van der Waals surface area contributed by atoms with Gasteiger partial charge in [-0.3, -0.25) is 10.1 Å². The fraction of sp³-hybridized carbons (Fsp3) is 0.111. The third-order valence-electron chi connectivity index (χ3n) is 2.21. The second-order valence-electron chi connectivity index (χ2n) is 3.40. The highest BCUT2D eigenvalue weighted by Crippen LogP contribution is 2.18. The molecule has 2 rings (SSSR count). The molecule has 1 aromatic heterocycles. The van der Waals surface area contributed by atoms with E-state index in [4.69, 9.17) is 5.26 Å². The number of benzene rings is 1. The van der Waals surface area contributed by atoms with Crippen LogP contribution in [0.15, 0.2) is 23.0 Å². The molecule has 9 heteroatoms. The van der Waals surface area contributed by atoms with Crippen molar-refractivity contribution in [2.45, 2.75) is 0 Å². The maximum Gasteiger partial charge on any atom is 0.368 e. The van der Waals surface area contributed by atoms with Crippen molar-refractivity contribution in [3.05, 3.63) is 44.4 Å². The number of nitro benzene ring substituents is 1. The average Bonchev–Trinajstić information content (AvgIpc) is 2.69. The van der Waals surface area contributed by atoms with Crippen molar-refractivity contribution in [2.24, 2.45) is 7.05 Å². The topological polar surface area (TPSA) is 120 Å². The molecule has 0 spiro atoms. The van der Waals surface area contributed by atoms with Crippen LogP contribution in [0.4, 0.5) is 5.69 Å². The highest BCUT2D eigenvalue weighted by atomic mass is 16.6. The second-order valence-corrected chi connectivity index (χ2v) is 3.40. The number of rotatable bonds is 2. The standard InChI is InChI=1S/C9H6N6O3/c1-13-9(16)14(12-11-13)7-2-6(5-10)3-8(4-7)15(17)18/h2-4H,1H3. The maximum atomic E-state index is 11.6.